The van der Waals surface area contributed by atoms with Crippen LogP contribution in [0.2, 0.25) is 10.0 Å². The van der Waals surface area contributed by atoms with Crippen LogP contribution in [0.3, 0.4) is 0 Å². The third kappa shape index (κ3) is 7.83. The number of sulfonamides is 1. The lowest BCUT2D eigenvalue weighted by Gasteiger charge is -2.25. The van der Waals surface area contributed by atoms with Crippen molar-refractivity contribution in [2.24, 2.45) is 5.73 Å². The van der Waals surface area contributed by atoms with E-state index in [1.165, 1.54) is 21.3 Å². The van der Waals surface area contributed by atoms with Crippen LogP contribution in [0, 0.1) is 19.3 Å². The quantitative estimate of drug-likeness (QED) is 0.0995. The van der Waals surface area contributed by atoms with Crippen LogP contribution in [0.4, 0.5) is 0 Å². The minimum atomic E-state index is -4.19. The third-order valence-corrected chi connectivity index (χ3v) is 11.4. The van der Waals surface area contributed by atoms with Gasteiger partial charge in [0.05, 0.1) is 5.02 Å². The lowest BCUT2D eigenvalue weighted by Crippen LogP contribution is -2.46. The molecule has 0 saturated carbocycles. The van der Waals surface area contributed by atoms with Gasteiger partial charge in [0.1, 0.15) is 34.6 Å². The van der Waals surface area contributed by atoms with E-state index >= 15 is 0 Å². The van der Waals surface area contributed by atoms with Crippen LogP contribution in [0.25, 0.3) is 10.9 Å². The number of aryl methyl sites for hydroxylation is 2. The number of amidine groups is 1. The highest BCUT2D eigenvalue weighted by Gasteiger charge is 2.40. The number of nitrogens with zero attached hydrogens (tertiary/aromatic N) is 3. The Morgan fingerprint density at radius 3 is 2.53 bits per heavy atom. The summed E-state index contributed by atoms with van der Waals surface area (Å²) in [4.78, 5) is 32.0. The van der Waals surface area contributed by atoms with E-state index in [9.17, 15) is 18.0 Å². The first-order valence-corrected chi connectivity index (χ1v) is 17.9. The number of nitrogens with one attached hydrogen (secondary N) is 2. The van der Waals surface area contributed by atoms with Gasteiger partial charge in [0.15, 0.2) is 0 Å². The molecule has 14 heteroatoms. The van der Waals surface area contributed by atoms with Gasteiger partial charge in [-0.15, -0.1) is 0 Å². The summed E-state index contributed by atoms with van der Waals surface area (Å²) in [5, 5.41) is 11.4. The van der Waals surface area contributed by atoms with Crippen LogP contribution in [-0.4, -0.2) is 73.0 Å². The zero-order chi connectivity index (χ0) is 35.5. The fourth-order valence-corrected chi connectivity index (χ4v) is 8.43. The van der Waals surface area contributed by atoms with E-state index in [4.69, 9.17) is 39.1 Å². The Morgan fingerprint density at radius 2 is 1.82 bits per heavy atom. The molecule has 1 unspecified atom stereocenters. The maximum atomic E-state index is 13.9. The number of hydrogen-bond donors (Lipinski definition) is 3. The van der Waals surface area contributed by atoms with E-state index in [2.05, 4.69) is 10.3 Å². The number of nitrogen functional groups attached to an aromatic ring is 1. The molecule has 0 aliphatic carbocycles. The van der Waals surface area contributed by atoms with Crippen molar-refractivity contribution in [3.63, 3.8) is 0 Å². The third-order valence-electron chi connectivity index (χ3n) is 8.51. The maximum Gasteiger partial charge on any atom is 0.253 e. The average molecular weight is 726 g/mol. The monoisotopic (exact) mass is 724 g/mol. The summed E-state index contributed by atoms with van der Waals surface area (Å²) in [6.07, 6.45) is 1.32. The first-order chi connectivity index (χ1) is 23.3. The number of carbonyl (C=O) groups excluding carboxylic acids is 2. The highest BCUT2D eigenvalue weighted by atomic mass is 35.5. The zero-order valence-corrected chi connectivity index (χ0v) is 29.8. The van der Waals surface area contributed by atoms with Gasteiger partial charge >= 0.3 is 0 Å². The topological polar surface area (TPSA) is 159 Å². The zero-order valence-electron chi connectivity index (χ0n) is 27.4. The van der Waals surface area contributed by atoms with Crippen molar-refractivity contribution in [2.45, 2.75) is 50.7 Å². The number of ether oxygens (including phenoxy) is 1. The fraction of sp³-hybridized carbons (Fsp3) is 0.314. The van der Waals surface area contributed by atoms with Crippen LogP contribution in [0.5, 0.6) is 5.75 Å². The molecule has 1 atom stereocenters. The van der Waals surface area contributed by atoms with Crippen molar-refractivity contribution in [1.82, 2.24) is 19.5 Å². The average Bonchev–Trinajstić information content (AvgIpc) is 3.58. The summed E-state index contributed by atoms with van der Waals surface area (Å²) in [7, 11) is -2.53. The summed E-state index contributed by atoms with van der Waals surface area (Å²) in [5.74, 6) is -0.196. The predicted octanol–water partition coefficient (Wildman–Crippen LogP) is 5.45. The number of pyridine rings is 1. The second kappa shape index (κ2) is 15.1. The minimum absolute atomic E-state index is 0.0669. The SMILES string of the molecule is Cc1cc(C)c2cccc(OCc3c(Cl)ccc(S(=O)(=O)N4CCCC4C(=O)NCCCN(C)C(=O)c4ccc(C(=N)N)cc4)c3Cl)c2n1. The number of carbonyl (C=O) groups is 2. The Labute approximate surface area is 295 Å². The molecule has 2 heterocycles. The van der Waals surface area contributed by atoms with E-state index < -0.39 is 22.0 Å². The molecule has 1 aromatic heterocycles. The van der Waals surface area contributed by atoms with Crippen LogP contribution in [0.15, 0.2) is 65.6 Å². The molecule has 258 valence electrons. The first-order valence-electron chi connectivity index (χ1n) is 15.8. The normalized spacial score (nSPS) is 14.9. The number of nitrogens with two attached hydrogens (primary N) is 1. The summed E-state index contributed by atoms with van der Waals surface area (Å²) in [6, 6.07) is 15.9. The first kappa shape index (κ1) is 36.1. The molecule has 1 saturated heterocycles. The predicted molar refractivity (Wildman–Crippen MR) is 191 cm³/mol. The number of rotatable bonds is 12. The van der Waals surface area contributed by atoms with E-state index in [-0.39, 0.29) is 46.4 Å². The van der Waals surface area contributed by atoms with Crippen LogP contribution >= 0.6 is 23.2 Å². The molecule has 1 fully saturated rings. The van der Waals surface area contributed by atoms with Crippen molar-refractivity contribution < 1.29 is 22.7 Å². The molecule has 1 aliphatic heterocycles. The van der Waals surface area contributed by atoms with Crippen molar-refractivity contribution >= 4 is 61.8 Å². The highest BCUT2D eigenvalue weighted by Crippen LogP contribution is 2.36. The van der Waals surface area contributed by atoms with Crippen molar-refractivity contribution in [1.29, 1.82) is 5.41 Å². The molecular formula is C35H38Cl2N6O5S. The number of aromatic nitrogens is 1. The molecule has 11 nitrogen and oxygen atoms in total. The Morgan fingerprint density at radius 1 is 1.10 bits per heavy atom. The smallest absolute Gasteiger partial charge is 0.253 e. The fourth-order valence-electron chi connectivity index (χ4n) is 5.91. The molecule has 0 bridgehead atoms. The van der Waals surface area contributed by atoms with E-state index in [1.807, 2.05) is 32.0 Å². The number of benzene rings is 3. The van der Waals surface area contributed by atoms with Crippen molar-refractivity contribution in [3.05, 3.63) is 98.7 Å². The van der Waals surface area contributed by atoms with Gasteiger partial charge in [-0.25, -0.2) is 13.4 Å². The number of para-hydroxylation sites is 1. The van der Waals surface area contributed by atoms with E-state index in [1.54, 1.807) is 37.4 Å². The Bertz CT molecular complexity index is 2020. The summed E-state index contributed by atoms with van der Waals surface area (Å²) < 4.78 is 35.2. The van der Waals surface area contributed by atoms with E-state index in [0.717, 1.165) is 16.6 Å². The second-order valence-corrected chi connectivity index (χ2v) is 14.6. The molecule has 49 heavy (non-hydrogen) atoms. The molecule has 2 amide bonds. The van der Waals surface area contributed by atoms with Gasteiger partial charge in [-0.1, -0.05) is 47.5 Å². The number of fused-ring (bicyclic) bond motifs is 1. The summed E-state index contributed by atoms with van der Waals surface area (Å²) >= 11 is 13.2. The molecule has 3 aromatic carbocycles. The molecule has 1 aliphatic rings. The Balaban J connectivity index is 1.22. The van der Waals surface area contributed by atoms with Gasteiger partial charge < -0.3 is 20.7 Å². The Hall–Kier alpha value is -4.23. The molecule has 0 radical (unpaired) electrons. The number of hydrogen-bond acceptors (Lipinski definition) is 7. The van der Waals surface area contributed by atoms with Crippen LogP contribution < -0.4 is 15.8 Å². The second-order valence-electron chi connectivity index (χ2n) is 12.0. The van der Waals surface area contributed by atoms with Crippen LogP contribution in [0.1, 0.15) is 52.0 Å². The van der Waals surface area contributed by atoms with Crippen molar-refractivity contribution in [2.75, 3.05) is 26.7 Å². The summed E-state index contributed by atoms with van der Waals surface area (Å²) in [5.41, 5.74) is 9.34. The highest BCUT2D eigenvalue weighted by molar-refractivity contribution is 7.89. The van der Waals surface area contributed by atoms with Gasteiger partial charge in [-0.05, 0) is 75.1 Å². The summed E-state index contributed by atoms with van der Waals surface area (Å²) in [6.45, 7) is 4.56. The van der Waals surface area contributed by atoms with Crippen molar-refractivity contribution in [3.8, 4) is 5.75 Å². The molecular weight excluding hydrogens is 687 g/mol. The Kier molecular flexibility index (Phi) is 11.1. The molecule has 5 rings (SSSR count). The van der Waals surface area contributed by atoms with Gasteiger partial charge in [-0.3, -0.25) is 15.0 Å². The van der Waals surface area contributed by atoms with Gasteiger partial charge in [0.2, 0.25) is 15.9 Å². The van der Waals surface area contributed by atoms with Crippen LogP contribution in [-0.2, 0) is 21.4 Å². The lowest BCUT2D eigenvalue weighted by atomic mass is 10.1. The molecule has 4 aromatic rings. The number of amides is 2. The van der Waals surface area contributed by atoms with Gasteiger partial charge in [0, 0.05) is 59.5 Å². The largest absolute Gasteiger partial charge is 0.487 e. The molecule has 0 spiro atoms. The minimum Gasteiger partial charge on any atom is -0.487 e. The molecule has 4 N–H and O–H groups in total. The van der Waals surface area contributed by atoms with Gasteiger partial charge in [0.25, 0.3) is 5.91 Å². The van der Waals surface area contributed by atoms with E-state index in [0.29, 0.717) is 53.8 Å². The lowest BCUT2D eigenvalue weighted by molar-refractivity contribution is -0.124. The van der Waals surface area contributed by atoms with Gasteiger partial charge in [-0.2, -0.15) is 4.31 Å². The standard InChI is InChI=1S/C35H38Cl2N6O5S/c1-21-19-22(2)41-32-25(21)7-4-9-29(32)48-20-26-27(36)14-15-30(31(26)37)49(46,47)43-18-5-8-28(43)34(44)40-16-6-17-42(3)35(45)24-12-10-23(11-13-24)33(38)39/h4,7,9-15,19,28H,5-6,8,16-18,20H2,1-3H3,(H3,38,39)(H,40,44). The maximum absolute atomic E-state index is 13.9. The number of halogens is 2.